The lowest BCUT2D eigenvalue weighted by atomic mass is 10.4. The summed E-state index contributed by atoms with van der Waals surface area (Å²) in [5.74, 6) is -3.39. The van der Waals surface area contributed by atoms with Crippen LogP contribution in [0.2, 0.25) is 0 Å². The second kappa shape index (κ2) is 12.5. The zero-order chi connectivity index (χ0) is 13.0. The molecule has 0 bridgehead atoms. The van der Waals surface area contributed by atoms with Crippen molar-refractivity contribution in [3.8, 4) is 0 Å². The van der Waals surface area contributed by atoms with E-state index in [1.165, 1.54) is 6.92 Å². The van der Waals surface area contributed by atoms with Gasteiger partial charge >= 0.3 is 11.9 Å². The molecule has 0 amide bonds. The maximum atomic E-state index is 9.54. The highest BCUT2D eigenvalue weighted by Gasteiger charge is 2.01. The number of aliphatic hydroxyl groups is 2. The van der Waals surface area contributed by atoms with E-state index in [4.69, 9.17) is 20.4 Å². The van der Waals surface area contributed by atoms with Crippen LogP contribution in [-0.2, 0) is 14.4 Å². The number of hydrogen-bond donors (Lipinski definition) is 4. The van der Waals surface area contributed by atoms with Crippen LogP contribution < -0.4 is 0 Å². The third-order valence-electron chi connectivity index (χ3n) is 0.659. The molecule has 0 saturated heterocycles. The van der Waals surface area contributed by atoms with E-state index in [1.807, 2.05) is 0 Å². The van der Waals surface area contributed by atoms with Crippen molar-refractivity contribution in [3.05, 3.63) is 0 Å². The second-order valence-corrected chi connectivity index (χ2v) is 2.19. The molecule has 0 radical (unpaired) electrons. The number of rotatable bonds is 2. The maximum absolute atomic E-state index is 9.54. The Kier molecular flexibility index (Phi) is 16.0. The van der Waals surface area contributed by atoms with E-state index < -0.39 is 23.8 Å². The number of carboxylic acids is 2. The minimum Gasteiger partial charge on any atom is -0.479 e. The molecule has 7 nitrogen and oxygen atoms in total. The Balaban J connectivity index is -0.000000153. The van der Waals surface area contributed by atoms with Gasteiger partial charge < -0.3 is 20.4 Å². The summed E-state index contributed by atoms with van der Waals surface area (Å²) >= 11 is 0. The number of carbonyl (C=O) groups is 3. The molecule has 7 heteroatoms. The summed E-state index contributed by atoms with van der Waals surface area (Å²) in [7, 11) is 0. The zero-order valence-electron chi connectivity index (χ0n) is 8.80. The van der Waals surface area contributed by atoms with Gasteiger partial charge in [-0.3, -0.25) is 4.79 Å². The van der Waals surface area contributed by atoms with E-state index >= 15 is 0 Å². The number of hydrogen-bond acceptors (Lipinski definition) is 5. The van der Waals surface area contributed by atoms with Crippen molar-refractivity contribution in [2.45, 2.75) is 26.9 Å². The molecule has 0 aromatic heterocycles. The largest absolute Gasteiger partial charge is 0.479 e. The molecule has 0 aromatic carbocycles. The minimum absolute atomic E-state index is 0.250. The van der Waals surface area contributed by atoms with E-state index in [0.29, 0.717) is 0 Å². The summed E-state index contributed by atoms with van der Waals surface area (Å²) in [6.07, 6.45) is -1.23. The first kappa shape index (κ1) is 19.2. The van der Waals surface area contributed by atoms with Crippen molar-refractivity contribution in [3.63, 3.8) is 0 Å². The van der Waals surface area contributed by atoms with Crippen molar-refractivity contribution in [1.29, 1.82) is 0 Å². The highest BCUT2D eigenvalue weighted by atomic mass is 16.4. The molecule has 0 fully saturated rings. The quantitative estimate of drug-likeness (QED) is 0.447. The van der Waals surface area contributed by atoms with E-state index in [2.05, 4.69) is 0 Å². The SMILES string of the molecule is CC(=O)C(=O)O.CC(O)C(=O)O.CCO. The standard InChI is InChI=1S/C3H6O3.C3H4O3.C2H6O/c2*1-2(4)3(5)6;1-2-3/h2,4H,1H3,(H,5,6);1H3,(H,5,6);3H,2H2,1H3. The van der Waals surface area contributed by atoms with Crippen LogP contribution in [0.15, 0.2) is 0 Å². The van der Waals surface area contributed by atoms with Gasteiger partial charge in [-0.05, 0) is 13.8 Å². The van der Waals surface area contributed by atoms with Crippen molar-refractivity contribution >= 4 is 17.7 Å². The first-order valence-electron chi connectivity index (χ1n) is 3.96. The molecule has 0 heterocycles. The molecule has 0 aliphatic heterocycles. The normalized spacial score (nSPS) is 9.67. The average molecular weight is 224 g/mol. The molecular weight excluding hydrogens is 208 g/mol. The van der Waals surface area contributed by atoms with Crippen LogP contribution in [0.25, 0.3) is 0 Å². The number of carboxylic acid groups (broad SMARTS) is 2. The molecular formula is C8H16O7. The molecule has 0 aliphatic carbocycles. The van der Waals surface area contributed by atoms with Gasteiger partial charge in [-0.15, -0.1) is 0 Å². The molecule has 4 N–H and O–H groups in total. The van der Waals surface area contributed by atoms with Gasteiger partial charge in [0.1, 0.15) is 6.10 Å². The molecule has 1 unspecified atom stereocenters. The van der Waals surface area contributed by atoms with Crippen molar-refractivity contribution < 1.29 is 34.8 Å². The van der Waals surface area contributed by atoms with Gasteiger partial charge in [-0.2, -0.15) is 0 Å². The molecule has 0 aliphatic rings. The second-order valence-electron chi connectivity index (χ2n) is 2.19. The van der Waals surface area contributed by atoms with Gasteiger partial charge in [-0.25, -0.2) is 9.59 Å². The summed E-state index contributed by atoms with van der Waals surface area (Å²) in [5.41, 5.74) is 0. The van der Waals surface area contributed by atoms with E-state index in [1.54, 1.807) is 6.92 Å². The van der Waals surface area contributed by atoms with Crippen LogP contribution >= 0.6 is 0 Å². The van der Waals surface area contributed by atoms with Crippen LogP contribution in [0.3, 0.4) is 0 Å². The molecule has 90 valence electrons. The van der Waals surface area contributed by atoms with Gasteiger partial charge in [0.25, 0.3) is 0 Å². The zero-order valence-corrected chi connectivity index (χ0v) is 8.80. The molecule has 1 atom stereocenters. The highest BCUT2D eigenvalue weighted by Crippen LogP contribution is 1.73. The first-order chi connectivity index (χ1) is 6.70. The molecule has 0 spiro atoms. The topological polar surface area (TPSA) is 132 Å². The fourth-order valence-corrected chi connectivity index (χ4v) is 0. The van der Waals surface area contributed by atoms with Gasteiger partial charge in [0, 0.05) is 13.5 Å². The average Bonchev–Trinajstić information content (AvgIpc) is 2.06. The van der Waals surface area contributed by atoms with E-state index in [9.17, 15) is 14.4 Å². The van der Waals surface area contributed by atoms with E-state index in [-0.39, 0.29) is 6.61 Å². The predicted molar refractivity (Wildman–Crippen MR) is 50.4 cm³/mol. The van der Waals surface area contributed by atoms with Crippen molar-refractivity contribution in [1.82, 2.24) is 0 Å². The van der Waals surface area contributed by atoms with Gasteiger partial charge in [-0.1, -0.05) is 0 Å². The summed E-state index contributed by atoms with van der Waals surface area (Å²) < 4.78 is 0. The van der Waals surface area contributed by atoms with Crippen LogP contribution in [0.5, 0.6) is 0 Å². The number of aliphatic carboxylic acids is 2. The monoisotopic (exact) mass is 224 g/mol. The number of Topliss-reactive ketones (excluding diaryl/α,β-unsaturated/α-hetero) is 1. The summed E-state index contributed by atoms with van der Waals surface area (Å²) in [4.78, 5) is 28.3. The lowest BCUT2D eigenvalue weighted by molar-refractivity contribution is -0.148. The Morgan fingerprint density at radius 1 is 1.20 bits per heavy atom. The smallest absolute Gasteiger partial charge is 0.371 e. The molecule has 0 aromatic rings. The molecule has 0 saturated carbocycles. The third kappa shape index (κ3) is 32.6. The Bertz CT molecular complexity index is 185. The fourth-order valence-electron chi connectivity index (χ4n) is 0. The molecule has 0 rings (SSSR count). The van der Waals surface area contributed by atoms with Crippen LogP contribution in [0, 0.1) is 0 Å². The summed E-state index contributed by atoms with van der Waals surface area (Å²) in [6.45, 7) is 4.13. The van der Waals surface area contributed by atoms with Gasteiger partial charge in [0.15, 0.2) is 0 Å². The lowest BCUT2D eigenvalue weighted by Crippen LogP contribution is -2.13. The Labute approximate surface area is 87.0 Å². The summed E-state index contributed by atoms with van der Waals surface area (Å²) in [5, 5.41) is 31.0. The number of carbonyl (C=O) groups excluding carboxylic acids is 1. The molecule has 15 heavy (non-hydrogen) atoms. The third-order valence-corrected chi connectivity index (χ3v) is 0.659. The Morgan fingerprint density at radius 3 is 1.33 bits per heavy atom. The van der Waals surface area contributed by atoms with Crippen LogP contribution in [0.1, 0.15) is 20.8 Å². The number of aliphatic hydroxyl groups excluding tert-OH is 2. The summed E-state index contributed by atoms with van der Waals surface area (Å²) in [6, 6.07) is 0. The van der Waals surface area contributed by atoms with Crippen LogP contribution in [0.4, 0.5) is 0 Å². The lowest BCUT2D eigenvalue weighted by Gasteiger charge is -1.89. The number of ketones is 1. The Morgan fingerprint density at radius 2 is 1.33 bits per heavy atom. The maximum Gasteiger partial charge on any atom is 0.371 e. The Hall–Kier alpha value is -1.47. The highest BCUT2D eigenvalue weighted by molar-refractivity contribution is 6.31. The first-order valence-corrected chi connectivity index (χ1v) is 3.96. The van der Waals surface area contributed by atoms with E-state index in [0.717, 1.165) is 6.92 Å². The van der Waals surface area contributed by atoms with Crippen molar-refractivity contribution in [2.75, 3.05) is 6.61 Å². The predicted octanol–water partition coefficient (Wildman–Crippen LogP) is -0.890. The van der Waals surface area contributed by atoms with Crippen molar-refractivity contribution in [2.24, 2.45) is 0 Å². The minimum atomic E-state index is -1.38. The fraction of sp³-hybridized carbons (Fsp3) is 0.625. The van der Waals surface area contributed by atoms with Gasteiger partial charge in [0.2, 0.25) is 5.78 Å². The van der Waals surface area contributed by atoms with Crippen LogP contribution in [-0.4, -0.2) is 50.9 Å². The van der Waals surface area contributed by atoms with Gasteiger partial charge in [0.05, 0.1) is 0 Å².